The zero-order valence-corrected chi connectivity index (χ0v) is 10.4. The lowest BCUT2D eigenvalue weighted by Crippen LogP contribution is -2.11. The van der Waals surface area contributed by atoms with Crippen LogP contribution in [-0.2, 0) is 0 Å². The number of amides is 1. The molecule has 16 heavy (non-hydrogen) atoms. The second-order valence-corrected chi connectivity index (χ2v) is 4.62. The van der Waals surface area contributed by atoms with Gasteiger partial charge in [0.25, 0.3) is 5.91 Å². The number of nitrogens with two attached hydrogens (primary N) is 1. The molecule has 0 radical (unpaired) electrons. The van der Waals surface area contributed by atoms with Gasteiger partial charge in [0, 0.05) is 15.7 Å². The van der Waals surface area contributed by atoms with Crippen molar-refractivity contribution in [2.45, 2.75) is 0 Å². The topological polar surface area (TPSA) is 80.9 Å². The van der Waals surface area contributed by atoms with Gasteiger partial charge in [0.2, 0.25) is 5.13 Å². The Hall–Kier alpha value is -1.47. The first kappa shape index (κ1) is 11.0. The molecule has 0 saturated heterocycles. The molecule has 2 aromatic rings. The number of carbonyl (C=O) groups excluding carboxylic acids is 1. The maximum absolute atomic E-state index is 11.7. The molecule has 0 unspecified atom stereocenters. The standard InChI is InChI=1S/C9H7BrN4OS/c10-6-3-5(1-2-7(6)11)8(15)13-9-14-12-4-16-9/h1-4H,11H2,(H,13,14,15). The van der Waals surface area contributed by atoms with Crippen LogP contribution in [0.4, 0.5) is 10.8 Å². The van der Waals surface area contributed by atoms with E-state index in [9.17, 15) is 4.79 Å². The second kappa shape index (κ2) is 4.58. The number of nitrogens with one attached hydrogen (secondary N) is 1. The average molecular weight is 299 g/mol. The molecular formula is C9H7BrN4OS. The largest absolute Gasteiger partial charge is 0.398 e. The van der Waals surface area contributed by atoms with E-state index in [-0.39, 0.29) is 5.91 Å². The van der Waals surface area contributed by atoms with E-state index in [0.717, 1.165) is 0 Å². The highest BCUT2D eigenvalue weighted by atomic mass is 79.9. The molecule has 3 N–H and O–H groups in total. The van der Waals surface area contributed by atoms with Crippen molar-refractivity contribution in [3.8, 4) is 0 Å². The summed E-state index contributed by atoms with van der Waals surface area (Å²) in [4.78, 5) is 11.7. The number of anilines is 2. The molecule has 5 nitrogen and oxygen atoms in total. The quantitative estimate of drug-likeness (QED) is 0.832. The van der Waals surface area contributed by atoms with Crippen LogP contribution in [0.25, 0.3) is 0 Å². The molecule has 0 aliphatic carbocycles. The molecule has 0 fully saturated rings. The summed E-state index contributed by atoms with van der Waals surface area (Å²) in [5, 5.41) is 10.4. The molecule has 82 valence electrons. The second-order valence-electron chi connectivity index (χ2n) is 2.93. The van der Waals surface area contributed by atoms with Gasteiger partial charge in [-0.25, -0.2) is 0 Å². The summed E-state index contributed by atoms with van der Waals surface area (Å²) in [5.74, 6) is -0.238. The molecule has 1 heterocycles. The van der Waals surface area contributed by atoms with Gasteiger partial charge in [-0.2, -0.15) is 0 Å². The molecule has 0 aliphatic heterocycles. The highest BCUT2D eigenvalue weighted by molar-refractivity contribution is 9.10. The van der Waals surface area contributed by atoms with E-state index in [0.29, 0.717) is 20.9 Å². The summed E-state index contributed by atoms with van der Waals surface area (Å²) in [6.07, 6.45) is 0. The van der Waals surface area contributed by atoms with Crippen LogP contribution in [0.3, 0.4) is 0 Å². The SMILES string of the molecule is Nc1ccc(C(=O)Nc2nncs2)cc1Br. The van der Waals surface area contributed by atoms with Crippen molar-refractivity contribution in [1.29, 1.82) is 0 Å². The summed E-state index contributed by atoms with van der Waals surface area (Å²) >= 11 is 4.52. The fourth-order valence-electron chi connectivity index (χ4n) is 1.07. The molecule has 1 aromatic carbocycles. The molecule has 0 aliphatic rings. The summed E-state index contributed by atoms with van der Waals surface area (Å²) in [7, 11) is 0. The molecule has 1 aromatic heterocycles. The zero-order chi connectivity index (χ0) is 11.5. The van der Waals surface area contributed by atoms with Crippen molar-refractivity contribution in [2.24, 2.45) is 0 Å². The van der Waals surface area contributed by atoms with Crippen molar-refractivity contribution in [3.63, 3.8) is 0 Å². The third kappa shape index (κ3) is 2.37. The number of carbonyl (C=O) groups is 1. The molecule has 1 amide bonds. The lowest BCUT2D eigenvalue weighted by Gasteiger charge is -2.03. The van der Waals surface area contributed by atoms with Crippen LogP contribution >= 0.6 is 27.3 Å². The van der Waals surface area contributed by atoms with E-state index >= 15 is 0 Å². The van der Waals surface area contributed by atoms with E-state index in [4.69, 9.17) is 5.73 Å². The Morgan fingerprint density at radius 3 is 2.94 bits per heavy atom. The zero-order valence-electron chi connectivity index (χ0n) is 7.98. The maximum Gasteiger partial charge on any atom is 0.257 e. The Bertz CT molecular complexity index is 514. The van der Waals surface area contributed by atoms with Crippen LogP contribution < -0.4 is 11.1 Å². The van der Waals surface area contributed by atoms with Gasteiger partial charge in [-0.3, -0.25) is 10.1 Å². The van der Waals surface area contributed by atoms with Gasteiger partial charge in [0.15, 0.2) is 0 Å². The van der Waals surface area contributed by atoms with Gasteiger partial charge in [0.05, 0.1) is 0 Å². The number of hydrogen-bond acceptors (Lipinski definition) is 5. The predicted molar refractivity (Wildman–Crippen MR) is 66.4 cm³/mol. The Kier molecular flexibility index (Phi) is 3.16. The molecule has 0 saturated carbocycles. The molecule has 2 rings (SSSR count). The predicted octanol–water partition coefficient (Wildman–Crippen LogP) is 2.14. The van der Waals surface area contributed by atoms with Crippen LogP contribution in [-0.4, -0.2) is 16.1 Å². The molecule has 0 bridgehead atoms. The van der Waals surface area contributed by atoms with E-state index in [1.54, 1.807) is 23.7 Å². The Morgan fingerprint density at radius 2 is 2.31 bits per heavy atom. The number of aromatic nitrogens is 2. The normalized spacial score (nSPS) is 10.1. The van der Waals surface area contributed by atoms with Gasteiger partial charge in [-0.05, 0) is 34.1 Å². The lowest BCUT2D eigenvalue weighted by molar-refractivity contribution is 0.102. The highest BCUT2D eigenvalue weighted by Crippen LogP contribution is 2.21. The van der Waals surface area contributed by atoms with Gasteiger partial charge < -0.3 is 5.73 Å². The average Bonchev–Trinajstić information content (AvgIpc) is 2.74. The van der Waals surface area contributed by atoms with Crippen molar-refractivity contribution in [2.75, 3.05) is 11.1 Å². The third-order valence-electron chi connectivity index (χ3n) is 1.84. The lowest BCUT2D eigenvalue weighted by atomic mass is 10.2. The first-order valence-corrected chi connectivity index (χ1v) is 5.96. The number of halogens is 1. The minimum Gasteiger partial charge on any atom is -0.398 e. The monoisotopic (exact) mass is 298 g/mol. The fraction of sp³-hybridized carbons (Fsp3) is 0. The Labute approximate surface area is 104 Å². The van der Waals surface area contributed by atoms with E-state index in [2.05, 4.69) is 31.4 Å². The van der Waals surface area contributed by atoms with Crippen molar-refractivity contribution >= 4 is 44.0 Å². The molecular weight excluding hydrogens is 292 g/mol. The Balaban J connectivity index is 2.18. The van der Waals surface area contributed by atoms with Crippen LogP contribution in [0.1, 0.15) is 10.4 Å². The van der Waals surface area contributed by atoms with E-state index in [1.165, 1.54) is 11.3 Å². The van der Waals surface area contributed by atoms with Crippen LogP contribution in [0.5, 0.6) is 0 Å². The molecule has 7 heteroatoms. The first-order chi connectivity index (χ1) is 7.66. The highest BCUT2D eigenvalue weighted by Gasteiger charge is 2.09. The van der Waals surface area contributed by atoms with Crippen molar-refractivity contribution in [1.82, 2.24) is 10.2 Å². The van der Waals surface area contributed by atoms with Crippen molar-refractivity contribution in [3.05, 3.63) is 33.7 Å². The minimum absolute atomic E-state index is 0.238. The van der Waals surface area contributed by atoms with Crippen LogP contribution in [0.2, 0.25) is 0 Å². The molecule has 0 spiro atoms. The smallest absolute Gasteiger partial charge is 0.257 e. The van der Waals surface area contributed by atoms with Crippen LogP contribution in [0, 0.1) is 0 Å². The number of nitrogen functional groups attached to an aromatic ring is 1. The van der Waals surface area contributed by atoms with Gasteiger partial charge in [-0.1, -0.05) is 11.3 Å². The van der Waals surface area contributed by atoms with Gasteiger partial charge >= 0.3 is 0 Å². The van der Waals surface area contributed by atoms with Gasteiger partial charge in [-0.15, -0.1) is 10.2 Å². The number of nitrogens with zero attached hydrogens (tertiary/aromatic N) is 2. The molecule has 0 atom stereocenters. The van der Waals surface area contributed by atoms with Gasteiger partial charge in [0.1, 0.15) is 5.51 Å². The number of rotatable bonds is 2. The summed E-state index contributed by atoms with van der Waals surface area (Å²) in [6.45, 7) is 0. The van der Waals surface area contributed by atoms with E-state index in [1.807, 2.05) is 0 Å². The summed E-state index contributed by atoms with van der Waals surface area (Å²) in [5.41, 5.74) is 8.28. The first-order valence-electron chi connectivity index (χ1n) is 4.29. The van der Waals surface area contributed by atoms with E-state index < -0.39 is 0 Å². The number of hydrogen-bond donors (Lipinski definition) is 2. The Morgan fingerprint density at radius 1 is 1.50 bits per heavy atom. The number of benzene rings is 1. The van der Waals surface area contributed by atoms with Crippen molar-refractivity contribution < 1.29 is 4.79 Å². The summed E-state index contributed by atoms with van der Waals surface area (Å²) in [6, 6.07) is 4.97. The summed E-state index contributed by atoms with van der Waals surface area (Å²) < 4.78 is 0.692. The van der Waals surface area contributed by atoms with Crippen LogP contribution in [0.15, 0.2) is 28.2 Å². The maximum atomic E-state index is 11.7. The fourth-order valence-corrected chi connectivity index (χ4v) is 1.88. The third-order valence-corrected chi connectivity index (χ3v) is 3.14. The minimum atomic E-state index is -0.238.